The molecule has 8 nitrogen and oxygen atoms in total. The lowest BCUT2D eigenvalue weighted by Gasteiger charge is -2.19. The van der Waals surface area contributed by atoms with Gasteiger partial charge in [0.15, 0.2) is 5.16 Å². The molecule has 0 saturated heterocycles. The van der Waals surface area contributed by atoms with E-state index in [1.807, 2.05) is 13.8 Å². The molecular weight excluding hydrogens is 448 g/mol. The topological polar surface area (TPSA) is 93.5 Å². The molecule has 1 N–H and O–H groups in total. The summed E-state index contributed by atoms with van der Waals surface area (Å²) in [4.78, 5) is 17.4. The molecule has 0 aliphatic rings. The summed E-state index contributed by atoms with van der Waals surface area (Å²) >= 11 is 1.37. The summed E-state index contributed by atoms with van der Waals surface area (Å²) in [5.41, 5.74) is 2.39. The van der Waals surface area contributed by atoms with Crippen molar-refractivity contribution >= 4 is 33.4 Å². The number of benzene rings is 1. The highest BCUT2D eigenvalue weighted by Crippen LogP contribution is 2.29. The molecule has 178 valence electrons. The molecule has 0 aliphatic carbocycles. The number of anilines is 1. The highest BCUT2D eigenvalue weighted by Gasteiger charge is 2.23. The molecule has 0 fully saturated rings. The van der Waals surface area contributed by atoms with E-state index < -0.39 is 10.0 Å². The highest BCUT2D eigenvalue weighted by atomic mass is 32.2. The van der Waals surface area contributed by atoms with E-state index in [9.17, 15) is 13.2 Å². The maximum atomic E-state index is 12.9. The van der Waals surface area contributed by atoms with Crippen LogP contribution in [0.15, 0.2) is 28.3 Å². The van der Waals surface area contributed by atoms with Gasteiger partial charge in [-0.05, 0) is 38.5 Å². The van der Waals surface area contributed by atoms with Gasteiger partial charge in [0, 0.05) is 25.3 Å². The summed E-state index contributed by atoms with van der Waals surface area (Å²) in [5, 5.41) is 3.61. The largest absolute Gasteiger partial charge is 0.495 e. The van der Waals surface area contributed by atoms with E-state index in [0.717, 1.165) is 35.9 Å². The zero-order chi connectivity index (χ0) is 23.9. The van der Waals surface area contributed by atoms with Crippen LogP contribution in [0.1, 0.15) is 45.0 Å². The van der Waals surface area contributed by atoms with E-state index in [0.29, 0.717) is 24.5 Å². The Kier molecular flexibility index (Phi) is 9.60. The fourth-order valence-electron chi connectivity index (χ4n) is 3.29. The molecule has 0 saturated carbocycles. The number of nitrogens with zero attached hydrogens (tertiary/aromatic N) is 3. The lowest BCUT2D eigenvalue weighted by atomic mass is 10.3. The molecule has 32 heavy (non-hydrogen) atoms. The Balaban J connectivity index is 2.19. The molecule has 2 rings (SSSR count). The van der Waals surface area contributed by atoms with Crippen LogP contribution in [0.25, 0.3) is 0 Å². The van der Waals surface area contributed by atoms with Gasteiger partial charge in [-0.25, -0.2) is 13.4 Å². The number of carbonyl (C=O) groups excluding carboxylic acids is 1. The third kappa shape index (κ3) is 6.05. The Labute approximate surface area is 195 Å². The van der Waals surface area contributed by atoms with Crippen LogP contribution < -0.4 is 10.1 Å². The van der Waals surface area contributed by atoms with Gasteiger partial charge >= 0.3 is 0 Å². The van der Waals surface area contributed by atoms with E-state index in [1.165, 1.54) is 35.3 Å². The Morgan fingerprint density at radius 3 is 2.50 bits per heavy atom. The summed E-state index contributed by atoms with van der Waals surface area (Å²) in [5.74, 6) is 0.294. The number of methoxy groups -OCH3 is 1. The second-order valence-corrected chi connectivity index (χ2v) is 10.2. The highest BCUT2D eigenvalue weighted by molar-refractivity contribution is 7.99. The smallest absolute Gasteiger partial charge is 0.243 e. The van der Waals surface area contributed by atoms with Gasteiger partial charge in [-0.3, -0.25) is 4.79 Å². The fourth-order valence-corrected chi connectivity index (χ4v) is 5.69. The quantitative estimate of drug-likeness (QED) is 0.459. The molecule has 1 amide bonds. The number of rotatable bonds is 12. The molecular formula is C22H34N4O4S2. The Morgan fingerprint density at radius 2 is 1.91 bits per heavy atom. The third-order valence-corrected chi connectivity index (χ3v) is 8.30. The first-order valence-electron chi connectivity index (χ1n) is 10.8. The lowest BCUT2D eigenvalue weighted by Crippen LogP contribution is -2.30. The van der Waals surface area contributed by atoms with Crippen molar-refractivity contribution < 1.29 is 17.9 Å². The van der Waals surface area contributed by atoms with E-state index in [2.05, 4.69) is 21.8 Å². The monoisotopic (exact) mass is 482 g/mol. The number of carbonyl (C=O) groups is 1. The van der Waals surface area contributed by atoms with Crippen LogP contribution in [-0.4, -0.2) is 54.1 Å². The Bertz CT molecular complexity index is 1030. The normalized spacial score (nSPS) is 11.7. The van der Waals surface area contributed by atoms with Gasteiger partial charge in [0.2, 0.25) is 15.9 Å². The molecule has 1 aromatic carbocycles. The van der Waals surface area contributed by atoms with Gasteiger partial charge in [0.25, 0.3) is 0 Å². The summed E-state index contributed by atoms with van der Waals surface area (Å²) in [6.45, 7) is 11.3. The van der Waals surface area contributed by atoms with Crippen molar-refractivity contribution in [3.63, 3.8) is 0 Å². The van der Waals surface area contributed by atoms with Crippen molar-refractivity contribution in [1.82, 2.24) is 13.9 Å². The number of hydrogen-bond acceptors (Lipinski definition) is 6. The van der Waals surface area contributed by atoms with Crippen LogP contribution >= 0.6 is 11.8 Å². The Hall–Kier alpha value is -2.04. The number of amides is 1. The van der Waals surface area contributed by atoms with E-state index >= 15 is 0 Å². The number of ether oxygens (including phenoxy) is 1. The lowest BCUT2D eigenvalue weighted by molar-refractivity contribution is -0.113. The minimum Gasteiger partial charge on any atom is -0.495 e. The zero-order valence-corrected chi connectivity index (χ0v) is 21.4. The molecule has 1 heterocycles. The molecule has 0 aliphatic heterocycles. The third-order valence-electron chi connectivity index (χ3n) is 5.28. The standard InChI is InChI=1S/C22H34N4O4S2/c1-7-10-13-26-17(5)16(4)23-22(26)31-15-21(27)24-19-14-18(11-12-20(19)30-6)32(28,29)25(8-2)9-3/h11-12,14H,7-10,13,15H2,1-6H3,(H,24,27). The minimum atomic E-state index is -3.65. The number of unbranched alkanes of at least 4 members (excludes halogenated alkanes) is 1. The molecule has 1 aromatic heterocycles. The van der Waals surface area contributed by atoms with Gasteiger partial charge in [0.05, 0.1) is 29.1 Å². The number of aryl methyl sites for hydroxylation is 1. The van der Waals surface area contributed by atoms with Crippen molar-refractivity contribution in [3.05, 3.63) is 29.6 Å². The van der Waals surface area contributed by atoms with Gasteiger partial charge < -0.3 is 14.6 Å². The average Bonchev–Trinajstić information content (AvgIpc) is 3.04. The number of imidazole rings is 1. The van der Waals surface area contributed by atoms with Gasteiger partial charge in [-0.15, -0.1) is 0 Å². The molecule has 2 aromatic rings. The van der Waals surface area contributed by atoms with Crippen LogP contribution in [0.3, 0.4) is 0 Å². The fraction of sp³-hybridized carbons (Fsp3) is 0.545. The second-order valence-electron chi connectivity index (χ2n) is 7.36. The number of nitrogens with one attached hydrogen (secondary N) is 1. The van der Waals surface area contributed by atoms with E-state index in [4.69, 9.17) is 4.74 Å². The molecule has 0 spiro atoms. The Morgan fingerprint density at radius 1 is 1.22 bits per heavy atom. The van der Waals surface area contributed by atoms with E-state index in [1.54, 1.807) is 19.9 Å². The number of hydrogen-bond donors (Lipinski definition) is 1. The molecule has 0 atom stereocenters. The first-order valence-corrected chi connectivity index (χ1v) is 13.3. The molecule has 0 radical (unpaired) electrons. The summed E-state index contributed by atoms with van der Waals surface area (Å²) < 4.78 is 34.6. The van der Waals surface area contributed by atoms with Crippen LogP contribution in [-0.2, 0) is 21.4 Å². The minimum absolute atomic E-state index is 0.117. The molecule has 10 heteroatoms. The summed E-state index contributed by atoms with van der Waals surface area (Å²) in [6, 6.07) is 4.50. The molecule has 0 unspecified atom stereocenters. The molecule has 0 bridgehead atoms. The van der Waals surface area contributed by atoms with Crippen LogP contribution in [0.4, 0.5) is 5.69 Å². The van der Waals surface area contributed by atoms with Gasteiger partial charge in [-0.1, -0.05) is 39.0 Å². The first kappa shape index (κ1) is 26.2. The zero-order valence-electron chi connectivity index (χ0n) is 19.8. The van der Waals surface area contributed by atoms with Crippen molar-refractivity contribution in [2.75, 3.05) is 31.3 Å². The SMILES string of the molecule is CCCCn1c(SCC(=O)Nc2cc(S(=O)(=O)N(CC)CC)ccc2OC)nc(C)c1C. The average molecular weight is 483 g/mol. The van der Waals surface area contributed by atoms with Gasteiger partial charge in [-0.2, -0.15) is 4.31 Å². The predicted octanol–water partition coefficient (Wildman–Crippen LogP) is 4.07. The van der Waals surface area contributed by atoms with Crippen LogP contribution in [0.5, 0.6) is 5.75 Å². The first-order chi connectivity index (χ1) is 15.2. The summed E-state index contributed by atoms with van der Waals surface area (Å²) in [7, 11) is -2.17. The van der Waals surface area contributed by atoms with Crippen LogP contribution in [0, 0.1) is 13.8 Å². The number of sulfonamides is 1. The van der Waals surface area contributed by atoms with Gasteiger partial charge in [0.1, 0.15) is 5.75 Å². The van der Waals surface area contributed by atoms with Crippen molar-refractivity contribution in [3.8, 4) is 5.75 Å². The summed E-state index contributed by atoms with van der Waals surface area (Å²) in [6.07, 6.45) is 2.12. The predicted molar refractivity (Wildman–Crippen MR) is 129 cm³/mol. The maximum Gasteiger partial charge on any atom is 0.243 e. The second kappa shape index (κ2) is 11.7. The van der Waals surface area contributed by atoms with Crippen LogP contribution in [0.2, 0.25) is 0 Å². The van der Waals surface area contributed by atoms with Crippen molar-refractivity contribution in [2.24, 2.45) is 0 Å². The maximum absolute atomic E-state index is 12.9. The van der Waals surface area contributed by atoms with Crippen molar-refractivity contribution in [1.29, 1.82) is 0 Å². The van der Waals surface area contributed by atoms with E-state index in [-0.39, 0.29) is 16.6 Å². The number of aromatic nitrogens is 2. The van der Waals surface area contributed by atoms with Crippen molar-refractivity contribution in [2.45, 2.75) is 64.1 Å². The number of thioether (sulfide) groups is 1.